The lowest BCUT2D eigenvalue weighted by Crippen LogP contribution is -2.29. The Morgan fingerprint density at radius 2 is 2.00 bits per heavy atom. The average molecular weight is 369 g/mol. The minimum absolute atomic E-state index is 0.197. The van der Waals surface area contributed by atoms with Crippen LogP contribution >= 0.6 is 0 Å². The lowest BCUT2D eigenvalue weighted by Gasteiger charge is -2.27. The molecule has 0 amide bonds. The maximum Gasteiger partial charge on any atom is 0.224 e. The summed E-state index contributed by atoms with van der Waals surface area (Å²) in [5.41, 5.74) is 2.06. The minimum Gasteiger partial charge on any atom is -0.393 e. The predicted molar refractivity (Wildman–Crippen MR) is 106 cm³/mol. The van der Waals surface area contributed by atoms with Gasteiger partial charge in [-0.3, -0.25) is 9.78 Å². The summed E-state index contributed by atoms with van der Waals surface area (Å²) >= 11 is 0. The van der Waals surface area contributed by atoms with E-state index in [1.165, 1.54) is 0 Å². The Kier molecular flexibility index (Phi) is 6.70. The third-order valence-corrected chi connectivity index (χ3v) is 4.84. The summed E-state index contributed by atoms with van der Waals surface area (Å²) in [6, 6.07) is 3.81. The number of aromatic nitrogens is 3. The van der Waals surface area contributed by atoms with Crippen molar-refractivity contribution in [1.29, 1.82) is 0 Å². The predicted octanol–water partition coefficient (Wildman–Crippen LogP) is 3.28. The molecule has 0 aliphatic heterocycles. The van der Waals surface area contributed by atoms with Crippen molar-refractivity contribution in [3.63, 3.8) is 0 Å². The van der Waals surface area contributed by atoms with Gasteiger partial charge in [0.1, 0.15) is 5.82 Å². The highest BCUT2D eigenvalue weighted by Gasteiger charge is 2.21. The molecule has 3 N–H and O–H groups in total. The molecule has 0 aromatic carbocycles. The molecule has 0 unspecified atom stereocenters. The van der Waals surface area contributed by atoms with Crippen LogP contribution in [0.3, 0.4) is 0 Å². The molecule has 144 valence electrons. The molecule has 0 saturated heterocycles. The number of carbonyl (C=O) groups excluding carboxylic acids is 1. The summed E-state index contributed by atoms with van der Waals surface area (Å²) in [4.78, 5) is 24.3. The van der Waals surface area contributed by atoms with Gasteiger partial charge >= 0.3 is 0 Å². The topological polar surface area (TPSA) is 100 Å². The van der Waals surface area contributed by atoms with Crippen molar-refractivity contribution in [2.75, 3.05) is 17.2 Å². The Morgan fingerprint density at radius 3 is 2.67 bits per heavy atom. The van der Waals surface area contributed by atoms with Crippen molar-refractivity contribution in [3.8, 4) is 11.3 Å². The zero-order valence-corrected chi connectivity index (χ0v) is 15.7. The summed E-state index contributed by atoms with van der Waals surface area (Å²) < 4.78 is 0. The van der Waals surface area contributed by atoms with Gasteiger partial charge < -0.3 is 15.7 Å². The van der Waals surface area contributed by atoms with Crippen LogP contribution in [0.15, 0.2) is 24.5 Å². The summed E-state index contributed by atoms with van der Waals surface area (Å²) in [5.74, 6) is 1.33. The standard InChI is InChI=1S/C20H27N5O2/c1-2-3-10-21-20-23-12-17(18-9-4-14(13-26)11-22-18)19(25-20)24-15-5-7-16(27)8-6-15/h4,9,11-13,15-16,27H,2-3,5-8,10H2,1H3,(H2,21,23,24,25). The highest BCUT2D eigenvalue weighted by Crippen LogP contribution is 2.28. The third kappa shape index (κ3) is 5.23. The summed E-state index contributed by atoms with van der Waals surface area (Å²) in [6.45, 7) is 2.97. The second-order valence-corrected chi connectivity index (χ2v) is 6.98. The first kappa shape index (κ1) is 19.2. The Morgan fingerprint density at radius 1 is 1.19 bits per heavy atom. The summed E-state index contributed by atoms with van der Waals surface area (Å²) in [5, 5.41) is 16.5. The van der Waals surface area contributed by atoms with E-state index in [1.807, 2.05) is 6.07 Å². The van der Waals surface area contributed by atoms with Crippen molar-refractivity contribution in [2.24, 2.45) is 0 Å². The van der Waals surface area contributed by atoms with Gasteiger partial charge in [-0.2, -0.15) is 4.98 Å². The zero-order chi connectivity index (χ0) is 19.1. The van der Waals surface area contributed by atoms with Gasteiger partial charge in [-0.1, -0.05) is 13.3 Å². The molecule has 7 nitrogen and oxygen atoms in total. The van der Waals surface area contributed by atoms with Gasteiger partial charge in [-0.05, 0) is 44.2 Å². The molecule has 1 aliphatic rings. The highest BCUT2D eigenvalue weighted by molar-refractivity contribution is 5.77. The maximum atomic E-state index is 10.9. The second kappa shape index (κ2) is 9.41. The van der Waals surface area contributed by atoms with Crippen LogP contribution in [0.5, 0.6) is 0 Å². The molecule has 7 heteroatoms. The van der Waals surface area contributed by atoms with E-state index in [4.69, 9.17) is 0 Å². The Hall–Kier alpha value is -2.54. The molecule has 2 aromatic heterocycles. The number of unbranched alkanes of at least 4 members (excludes halogenated alkanes) is 1. The van der Waals surface area contributed by atoms with E-state index in [2.05, 4.69) is 32.5 Å². The number of aliphatic hydroxyl groups is 1. The number of aldehydes is 1. The molecule has 1 saturated carbocycles. The van der Waals surface area contributed by atoms with Crippen LogP contribution in [-0.4, -0.2) is 45.0 Å². The number of nitrogens with zero attached hydrogens (tertiary/aromatic N) is 3. The molecule has 0 bridgehead atoms. The van der Waals surface area contributed by atoms with Crippen molar-refractivity contribution < 1.29 is 9.90 Å². The molecular formula is C20H27N5O2. The number of aliphatic hydroxyl groups excluding tert-OH is 1. The fourth-order valence-electron chi connectivity index (χ4n) is 3.19. The molecule has 27 heavy (non-hydrogen) atoms. The van der Waals surface area contributed by atoms with Gasteiger partial charge in [0.2, 0.25) is 5.95 Å². The molecule has 2 heterocycles. The minimum atomic E-state index is -0.197. The van der Waals surface area contributed by atoms with Gasteiger partial charge in [0.15, 0.2) is 6.29 Å². The fourth-order valence-corrected chi connectivity index (χ4v) is 3.19. The molecule has 3 rings (SSSR count). The quantitative estimate of drug-likeness (QED) is 0.485. The number of anilines is 2. The normalized spacial score (nSPS) is 19.5. The summed E-state index contributed by atoms with van der Waals surface area (Å²) in [7, 11) is 0. The highest BCUT2D eigenvalue weighted by atomic mass is 16.3. The number of nitrogens with one attached hydrogen (secondary N) is 2. The molecular weight excluding hydrogens is 342 g/mol. The van der Waals surface area contributed by atoms with Crippen LogP contribution in [0.25, 0.3) is 11.3 Å². The summed E-state index contributed by atoms with van der Waals surface area (Å²) in [6.07, 6.45) is 9.47. The van der Waals surface area contributed by atoms with E-state index in [0.717, 1.165) is 68.4 Å². The zero-order valence-electron chi connectivity index (χ0n) is 15.7. The van der Waals surface area contributed by atoms with Crippen molar-refractivity contribution in [2.45, 2.75) is 57.6 Å². The SMILES string of the molecule is CCCCNc1ncc(-c2ccc(C=O)cn2)c(NC2CCC(O)CC2)n1. The maximum absolute atomic E-state index is 10.9. The largest absolute Gasteiger partial charge is 0.393 e. The van der Waals surface area contributed by atoms with Crippen LogP contribution in [0.1, 0.15) is 55.8 Å². The molecule has 0 spiro atoms. The lowest BCUT2D eigenvalue weighted by molar-refractivity contribution is 0.112. The van der Waals surface area contributed by atoms with Crippen LogP contribution in [0.4, 0.5) is 11.8 Å². The van der Waals surface area contributed by atoms with Crippen LogP contribution < -0.4 is 10.6 Å². The molecule has 0 radical (unpaired) electrons. The smallest absolute Gasteiger partial charge is 0.224 e. The molecule has 1 fully saturated rings. The van der Waals surface area contributed by atoms with E-state index in [0.29, 0.717) is 11.5 Å². The van der Waals surface area contributed by atoms with Crippen LogP contribution in [0, 0.1) is 0 Å². The molecule has 2 aromatic rings. The second-order valence-electron chi connectivity index (χ2n) is 6.98. The monoisotopic (exact) mass is 369 g/mol. The Bertz CT molecular complexity index is 743. The number of hydrogen-bond acceptors (Lipinski definition) is 7. The number of pyridine rings is 1. The van der Waals surface area contributed by atoms with Crippen molar-refractivity contribution >= 4 is 18.1 Å². The van der Waals surface area contributed by atoms with E-state index in [-0.39, 0.29) is 12.1 Å². The first-order valence-corrected chi connectivity index (χ1v) is 9.66. The Labute approximate surface area is 159 Å². The van der Waals surface area contributed by atoms with E-state index < -0.39 is 0 Å². The van der Waals surface area contributed by atoms with Gasteiger partial charge in [0.05, 0.1) is 17.4 Å². The van der Waals surface area contributed by atoms with Crippen molar-refractivity contribution in [1.82, 2.24) is 15.0 Å². The van der Waals surface area contributed by atoms with Gasteiger partial charge in [-0.15, -0.1) is 0 Å². The van der Waals surface area contributed by atoms with E-state index >= 15 is 0 Å². The van der Waals surface area contributed by atoms with Gasteiger partial charge in [0, 0.05) is 30.5 Å². The number of carbonyl (C=O) groups is 1. The molecule has 1 aliphatic carbocycles. The first-order valence-electron chi connectivity index (χ1n) is 9.66. The van der Waals surface area contributed by atoms with Gasteiger partial charge in [0.25, 0.3) is 0 Å². The van der Waals surface area contributed by atoms with Crippen LogP contribution in [0.2, 0.25) is 0 Å². The number of rotatable bonds is 8. The van der Waals surface area contributed by atoms with Crippen LogP contribution in [-0.2, 0) is 0 Å². The molecule has 0 atom stereocenters. The first-order chi connectivity index (χ1) is 13.2. The fraction of sp³-hybridized carbons (Fsp3) is 0.500. The number of hydrogen-bond donors (Lipinski definition) is 3. The third-order valence-electron chi connectivity index (χ3n) is 4.84. The van der Waals surface area contributed by atoms with Gasteiger partial charge in [-0.25, -0.2) is 4.98 Å². The van der Waals surface area contributed by atoms with E-state index in [1.54, 1.807) is 18.5 Å². The Balaban J connectivity index is 1.84. The van der Waals surface area contributed by atoms with Crippen molar-refractivity contribution in [3.05, 3.63) is 30.1 Å². The van der Waals surface area contributed by atoms with E-state index in [9.17, 15) is 9.90 Å². The lowest BCUT2D eigenvalue weighted by atomic mass is 9.93. The average Bonchev–Trinajstić information content (AvgIpc) is 2.70.